The van der Waals surface area contributed by atoms with E-state index in [1.54, 1.807) is 30.2 Å². The molecule has 0 aromatic heterocycles. The maximum atomic E-state index is 11.5. The number of hydrogen-bond donors (Lipinski definition) is 1. The molecule has 1 amide bonds. The molecule has 15 heavy (non-hydrogen) atoms. The van der Waals surface area contributed by atoms with Crippen molar-refractivity contribution in [1.82, 2.24) is 5.06 Å². The van der Waals surface area contributed by atoms with Gasteiger partial charge in [-0.05, 0) is 11.6 Å². The van der Waals surface area contributed by atoms with E-state index in [0.717, 1.165) is 0 Å². The molecule has 0 fully saturated rings. The molecule has 0 aliphatic carbocycles. The molecule has 0 saturated heterocycles. The molecule has 1 aromatic rings. The van der Waals surface area contributed by atoms with Crippen LogP contribution in [-0.2, 0) is 11.2 Å². The lowest BCUT2D eigenvalue weighted by atomic mass is 10.0. The molecule has 0 radical (unpaired) electrons. The van der Waals surface area contributed by atoms with Gasteiger partial charge in [-0.15, -0.1) is 0 Å². The van der Waals surface area contributed by atoms with E-state index in [1.807, 2.05) is 0 Å². The van der Waals surface area contributed by atoms with E-state index in [-0.39, 0.29) is 0 Å². The smallest absolute Gasteiger partial charge is 0.277 e. The third-order valence-electron chi connectivity index (χ3n) is 1.95. The van der Waals surface area contributed by atoms with E-state index in [4.69, 9.17) is 5.21 Å². The minimum atomic E-state index is -0.495. The Bertz CT molecular complexity index is 406. The van der Waals surface area contributed by atoms with Crippen LogP contribution in [0, 0.1) is 0 Å². The summed E-state index contributed by atoms with van der Waals surface area (Å²) in [5.74, 6) is 1.15. The molecular formula is C11H11NO3. The molecular weight excluding hydrogens is 194 g/mol. The summed E-state index contributed by atoms with van der Waals surface area (Å²) >= 11 is 0. The third-order valence-corrected chi connectivity index (χ3v) is 1.95. The summed E-state index contributed by atoms with van der Waals surface area (Å²) in [7, 11) is 1.26. The topological polar surface area (TPSA) is 57.6 Å². The number of amides is 1. The summed E-state index contributed by atoms with van der Waals surface area (Å²) in [5, 5.41) is 9.54. The van der Waals surface area contributed by atoms with Gasteiger partial charge >= 0.3 is 0 Å². The monoisotopic (exact) mass is 205 g/mol. The quantitative estimate of drug-likeness (QED) is 0.456. The van der Waals surface area contributed by atoms with Crippen LogP contribution in [-0.4, -0.2) is 29.2 Å². The van der Waals surface area contributed by atoms with Gasteiger partial charge in [0.1, 0.15) is 5.94 Å². The number of hydroxylamine groups is 2. The lowest BCUT2D eigenvalue weighted by molar-refractivity contribution is -0.0375. The fourth-order valence-electron chi connectivity index (χ4n) is 1.23. The normalized spacial score (nSPS) is 9.20. The molecule has 0 saturated carbocycles. The van der Waals surface area contributed by atoms with Crippen molar-refractivity contribution in [2.75, 3.05) is 7.05 Å². The van der Waals surface area contributed by atoms with Crippen LogP contribution in [0.2, 0.25) is 0 Å². The molecule has 0 heterocycles. The van der Waals surface area contributed by atoms with Gasteiger partial charge in [0.2, 0.25) is 0 Å². The molecule has 0 aliphatic heterocycles. The lowest BCUT2D eigenvalue weighted by Gasteiger charge is -2.11. The third kappa shape index (κ3) is 2.77. The van der Waals surface area contributed by atoms with Gasteiger partial charge in [-0.2, -0.15) is 0 Å². The van der Waals surface area contributed by atoms with Crippen molar-refractivity contribution in [2.24, 2.45) is 0 Å². The van der Waals surface area contributed by atoms with Gasteiger partial charge in [0.15, 0.2) is 0 Å². The van der Waals surface area contributed by atoms with Crippen molar-refractivity contribution in [2.45, 2.75) is 6.42 Å². The Kier molecular flexibility index (Phi) is 3.80. The highest BCUT2D eigenvalue weighted by Crippen LogP contribution is 2.11. The van der Waals surface area contributed by atoms with E-state index in [0.29, 0.717) is 22.6 Å². The Balaban J connectivity index is 3.05. The van der Waals surface area contributed by atoms with Crippen LogP contribution < -0.4 is 0 Å². The molecule has 0 atom stereocenters. The van der Waals surface area contributed by atoms with E-state index in [2.05, 4.69) is 0 Å². The van der Waals surface area contributed by atoms with Gasteiger partial charge in [-0.3, -0.25) is 10.0 Å². The molecule has 0 unspecified atom stereocenters. The second-order valence-corrected chi connectivity index (χ2v) is 3.01. The first-order chi connectivity index (χ1) is 7.16. The number of rotatable bonds is 3. The molecule has 1 N–H and O–H groups in total. The minimum Gasteiger partial charge on any atom is -0.286 e. The summed E-state index contributed by atoms with van der Waals surface area (Å²) in [6.45, 7) is 0. The maximum absolute atomic E-state index is 11.5. The predicted molar refractivity (Wildman–Crippen MR) is 54.3 cm³/mol. The van der Waals surface area contributed by atoms with Crippen molar-refractivity contribution in [1.29, 1.82) is 0 Å². The highest BCUT2D eigenvalue weighted by Gasteiger charge is 2.12. The summed E-state index contributed by atoms with van der Waals surface area (Å²) in [5.41, 5.74) is 1.07. The lowest BCUT2D eigenvalue weighted by Crippen LogP contribution is -2.23. The summed E-state index contributed by atoms with van der Waals surface area (Å²) in [6.07, 6.45) is 1.63. The van der Waals surface area contributed by atoms with Crippen molar-refractivity contribution >= 4 is 11.8 Å². The maximum Gasteiger partial charge on any atom is 0.277 e. The van der Waals surface area contributed by atoms with E-state index < -0.39 is 5.91 Å². The van der Waals surface area contributed by atoms with Gasteiger partial charge in [0.05, 0.1) is 0 Å². The van der Waals surface area contributed by atoms with E-state index in [9.17, 15) is 9.59 Å². The Morgan fingerprint density at radius 3 is 2.80 bits per heavy atom. The summed E-state index contributed by atoms with van der Waals surface area (Å²) in [6, 6.07) is 6.79. The highest BCUT2D eigenvalue weighted by atomic mass is 16.5. The first kappa shape index (κ1) is 11.2. The van der Waals surface area contributed by atoms with Crippen LogP contribution in [0.1, 0.15) is 15.9 Å². The van der Waals surface area contributed by atoms with Crippen molar-refractivity contribution in [3.8, 4) is 0 Å². The number of carbonyl (C=O) groups excluding carboxylic acids is 2. The number of benzene rings is 1. The number of nitrogens with zero attached hydrogens (tertiary/aromatic N) is 1. The second kappa shape index (κ2) is 5.10. The SMILES string of the molecule is CN(O)C(=O)c1ccccc1CC=C=O. The Morgan fingerprint density at radius 2 is 2.20 bits per heavy atom. The van der Waals surface area contributed by atoms with Gasteiger partial charge in [-0.1, -0.05) is 18.2 Å². The zero-order valence-electron chi connectivity index (χ0n) is 8.30. The molecule has 1 aromatic carbocycles. The van der Waals surface area contributed by atoms with Crippen LogP contribution in [0.4, 0.5) is 0 Å². The number of allylic oxidation sites excluding steroid dienone is 1. The zero-order valence-corrected chi connectivity index (χ0v) is 8.30. The Hall–Kier alpha value is -1.90. The molecule has 0 spiro atoms. The molecule has 1 rings (SSSR count). The van der Waals surface area contributed by atoms with Gasteiger partial charge in [0.25, 0.3) is 5.91 Å². The summed E-state index contributed by atoms with van der Waals surface area (Å²) in [4.78, 5) is 21.6. The van der Waals surface area contributed by atoms with Gasteiger partial charge < -0.3 is 0 Å². The minimum absolute atomic E-state index is 0.333. The molecule has 4 nitrogen and oxygen atoms in total. The van der Waals surface area contributed by atoms with Crippen LogP contribution in [0.25, 0.3) is 0 Å². The fourth-order valence-corrected chi connectivity index (χ4v) is 1.23. The highest BCUT2D eigenvalue weighted by molar-refractivity contribution is 5.94. The van der Waals surface area contributed by atoms with Crippen molar-refractivity contribution in [3.05, 3.63) is 41.5 Å². The first-order valence-corrected chi connectivity index (χ1v) is 4.41. The number of hydrogen-bond acceptors (Lipinski definition) is 3. The Labute approximate surface area is 87.4 Å². The molecule has 0 aliphatic rings. The van der Waals surface area contributed by atoms with Crippen LogP contribution in [0.15, 0.2) is 30.3 Å². The van der Waals surface area contributed by atoms with Crippen molar-refractivity contribution < 1.29 is 14.8 Å². The second-order valence-electron chi connectivity index (χ2n) is 3.01. The van der Waals surface area contributed by atoms with Gasteiger partial charge in [0, 0.05) is 25.1 Å². The Morgan fingerprint density at radius 1 is 1.53 bits per heavy atom. The van der Waals surface area contributed by atoms with Crippen molar-refractivity contribution in [3.63, 3.8) is 0 Å². The largest absolute Gasteiger partial charge is 0.286 e. The standard InChI is InChI=1S/C11H11NO3/c1-12(15)11(14)10-7-3-2-5-9(10)6-4-8-13/h2-5,7,15H,6H2,1H3. The van der Waals surface area contributed by atoms with E-state index in [1.165, 1.54) is 13.1 Å². The average molecular weight is 205 g/mol. The van der Waals surface area contributed by atoms with Crippen LogP contribution in [0.5, 0.6) is 0 Å². The van der Waals surface area contributed by atoms with Crippen LogP contribution >= 0.6 is 0 Å². The molecule has 78 valence electrons. The van der Waals surface area contributed by atoms with E-state index >= 15 is 0 Å². The zero-order chi connectivity index (χ0) is 11.3. The summed E-state index contributed by atoms with van der Waals surface area (Å²) < 4.78 is 0. The molecule has 0 bridgehead atoms. The fraction of sp³-hybridized carbons (Fsp3) is 0.182. The van der Waals surface area contributed by atoms with Crippen LogP contribution in [0.3, 0.4) is 0 Å². The van der Waals surface area contributed by atoms with Gasteiger partial charge in [-0.25, -0.2) is 9.86 Å². The molecule has 4 heteroatoms. The average Bonchev–Trinajstić information content (AvgIpc) is 2.25. The first-order valence-electron chi connectivity index (χ1n) is 4.41. The number of carbonyl (C=O) groups is 1. The predicted octanol–water partition coefficient (Wildman–Crippen LogP) is 1.08.